The molecule has 0 fully saturated rings. The second-order valence-electron chi connectivity index (χ2n) is 8.05. The number of nitrogens with one attached hydrogen (secondary N) is 1. The highest BCUT2D eigenvalue weighted by Gasteiger charge is 2.37. The summed E-state index contributed by atoms with van der Waals surface area (Å²) in [4.78, 5) is 12.0. The number of alkyl halides is 3. The Balaban J connectivity index is 1.81. The predicted octanol–water partition coefficient (Wildman–Crippen LogP) is 6.03. The molecule has 3 aromatic carbocycles. The minimum absolute atomic E-state index is 0.127. The van der Waals surface area contributed by atoms with Gasteiger partial charge in [0.2, 0.25) is 5.82 Å². The SMILES string of the molecule is O=S([O-])Nc1cccc(-c2c(-c3ccc(F)cc3)nc(C(F)(F)F)nc2-n2cnc(-c3ccccc3)c2)c1. The van der Waals surface area contributed by atoms with Crippen molar-refractivity contribution in [3.8, 4) is 39.5 Å². The first-order valence-corrected chi connectivity index (χ1v) is 12.1. The molecule has 0 radical (unpaired) electrons. The third-order valence-corrected chi connectivity index (χ3v) is 5.91. The van der Waals surface area contributed by atoms with Crippen molar-refractivity contribution in [3.05, 3.63) is 103 Å². The number of imidazole rings is 1. The number of aromatic nitrogens is 4. The summed E-state index contributed by atoms with van der Waals surface area (Å²) in [5, 5.41) is 0. The van der Waals surface area contributed by atoms with Gasteiger partial charge in [-0.05, 0) is 42.0 Å². The van der Waals surface area contributed by atoms with Gasteiger partial charge in [-0.15, -0.1) is 0 Å². The summed E-state index contributed by atoms with van der Waals surface area (Å²) >= 11 is -2.64. The van der Waals surface area contributed by atoms with Crippen LogP contribution in [0.25, 0.3) is 39.5 Å². The number of hydrogen-bond acceptors (Lipinski definition) is 5. The zero-order valence-corrected chi connectivity index (χ0v) is 20.0. The fourth-order valence-electron chi connectivity index (χ4n) is 3.88. The molecule has 1 N–H and O–H groups in total. The molecule has 5 rings (SSSR count). The van der Waals surface area contributed by atoms with Gasteiger partial charge in [-0.1, -0.05) is 42.5 Å². The maximum atomic E-state index is 14.0. The molecule has 192 valence electrons. The van der Waals surface area contributed by atoms with Crippen molar-refractivity contribution in [3.63, 3.8) is 0 Å². The standard InChI is InChI=1S/C26H17F4N5O2S/c27-19-11-9-17(10-12-19)23-22(18-7-4-8-20(13-18)34-38(36)37)24(33-25(32-23)26(28,29)30)35-14-21(31-15-35)16-5-2-1-3-6-16/h1-15,34H,(H,36,37)/p-1. The van der Waals surface area contributed by atoms with E-state index in [9.17, 15) is 26.3 Å². The van der Waals surface area contributed by atoms with Crippen molar-refractivity contribution < 1.29 is 26.3 Å². The van der Waals surface area contributed by atoms with Gasteiger partial charge in [0.25, 0.3) is 0 Å². The summed E-state index contributed by atoms with van der Waals surface area (Å²) in [6.45, 7) is 0. The first-order valence-electron chi connectivity index (χ1n) is 11.0. The topological polar surface area (TPSA) is 95.8 Å². The van der Waals surface area contributed by atoms with Crippen LogP contribution in [0.1, 0.15) is 5.82 Å². The molecule has 0 saturated carbocycles. The van der Waals surface area contributed by atoms with Crippen molar-refractivity contribution >= 4 is 17.0 Å². The first-order chi connectivity index (χ1) is 18.2. The van der Waals surface area contributed by atoms with Crippen molar-refractivity contribution in [1.29, 1.82) is 0 Å². The lowest BCUT2D eigenvalue weighted by Crippen LogP contribution is -2.15. The number of hydrogen-bond donors (Lipinski definition) is 1. The number of anilines is 1. The summed E-state index contributed by atoms with van der Waals surface area (Å²) in [6.07, 6.45) is -2.03. The monoisotopic (exact) mass is 538 g/mol. The maximum Gasteiger partial charge on any atom is 0.451 e. The lowest BCUT2D eigenvalue weighted by Gasteiger charge is -2.18. The van der Waals surface area contributed by atoms with Crippen LogP contribution in [-0.2, 0) is 17.4 Å². The lowest BCUT2D eigenvalue weighted by molar-refractivity contribution is -0.144. The molecule has 12 heteroatoms. The van der Waals surface area contributed by atoms with E-state index < -0.39 is 29.1 Å². The Hall–Kier alpha value is -4.42. The Morgan fingerprint density at radius 1 is 0.868 bits per heavy atom. The average molecular weight is 539 g/mol. The fraction of sp³-hybridized carbons (Fsp3) is 0.0385. The highest BCUT2D eigenvalue weighted by molar-refractivity contribution is 7.80. The molecule has 1 unspecified atom stereocenters. The van der Waals surface area contributed by atoms with E-state index in [1.165, 1.54) is 47.4 Å². The Morgan fingerprint density at radius 2 is 1.58 bits per heavy atom. The van der Waals surface area contributed by atoms with Gasteiger partial charge in [-0.25, -0.2) is 19.3 Å². The first kappa shape index (κ1) is 25.2. The maximum absolute atomic E-state index is 14.0. The van der Waals surface area contributed by atoms with Crippen LogP contribution in [0.5, 0.6) is 0 Å². The van der Waals surface area contributed by atoms with E-state index in [4.69, 9.17) is 0 Å². The molecule has 0 amide bonds. The van der Waals surface area contributed by atoms with Gasteiger partial charge in [-0.2, -0.15) is 13.2 Å². The Labute approximate surface area is 216 Å². The van der Waals surface area contributed by atoms with Crippen molar-refractivity contribution in [2.75, 3.05) is 4.72 Å². The van der Waals surface area contributed by atoms with Crippen LogP contribution in [0.15, 0.2) is 91.4 Å². The van der Waals surface area contributed by atoms with E-state index in [0.29, 0.717) is 11.3 Å². The van der Waals surface area contributed by atoms with Crippen LogP contribution in [0.2, 0.25) is 0 Å². The highest BCUT2D eigenvalue weighted by Crippen LogP contribution is 2.39. The molecule has 1 atom stereocenters. The van der Waals surface area contributed by atoms with Crippen LogP contribution < -0.4 is 4.72 Å². The van der Waals surface area contributed by atoms with Crippen LogP contribution in [0.3, 0.4) is 0 Å². The van der Waals surface area contributed by atoms with Crippen molar-refractivity contribution in [2.24, 2.45) is 0 Å². The van der Waals surface area contributed by atoms with Crippen LogP contribution in [0.4, 0.5) is 23.2 Å². The molecule has 7 nitrogen and oxygen atoms in total. The molecular weight excluding hydrogens is 522 g/mol. The van der Waals surface area contributed by atoms with E-state index >= 15 is 0 Å². The Morgan fingerprint density at radius 3 is 2.26 bits per heavy atom. The Bertz CT molecular complexity index is 1620. The van der Waals surface area contributed by atoms with E-state index in [0.717, 1.165) is 17.7 Å². The smallest absolute Gasteiger partial charge is 0.451 e. The molecule has 0 saturated heterocycles. The van der Waals surface area contributed by atoms with E-state index in [-0.39, 0.29) is 28.3 Å². The van der Waals surface area contributed by atoms with Gasteiger partial charge in [0.15, 0.2) is 5.82 Å². The third-order valence-electron chi connectivity index (χ3n) is 5.51. The van der Waals surface area contributed by atoms with Gasteiger partial charge >= 0.3 is 6.18 Å². The van der Waals surface area contributed by atoms with Gasteiger partial charge in [0.05, 0.1) is 17.0 Å². The molecule has 0 aliphatic carbocycles. The Kier molecular flexibility index (Phi) is 6.74. The van der Waals surface area contributed by atoms with E-state index in [1.807, 2.05) is 6.07 Å². The second kappa shape index (κ2) is 10.1. The molecule has 0 spiro atoms. The molecule has 2 aromatic heterocycles. The average Bonchev–Trinajstić information content (AvgIpc) is 3.38. The summed E-state index contributed by atoms with van der Waals surface area (Å²) in [5.41, 5.74) is 1.94. The predicted molar refractivity (Wildman–Crippen MR) is 133 cm³/mol. The molecule has 0 aliphatic rings. The molecule has 2 heterocycles. The summed E-state index contributed by atoms with van der Waals surface area (Å²) in [7, 11) is 0. The van der Waals surface area contributed by atoms with Crippen LogP contribution in [-0.4, -0.2) is 28.3 Å². The molecule has 0 bridgehead atoms. The lowest BCUT2D eigenvalue weighted by atomic mass is 9.98. The highest BCUT2D eigenvalue weighted by atomic mass is 32.2. The zero-order valence-electron chi connectivity index (χ0n) is 19.2. The summed E-state index contributed by atoms with van der Waals surface area (Å²) in [5.74, 6) is -2.13. The number of halogens is 4. The fourth-order valence-corrected chi connectivity index (χ4v) is 4.20. The number of nitrogens with zero attached hydrogens (tertiary/aromatic N) is 4. The van der Waals surface area contributed by atoms with E-state index in [2.05, 4.69) is 19.7 Å². The van der Waals surface area contributed by atoms with Crippen molar-refractivity contribution in [1.82, 2.24) is 19.5 Å². The second-order valence-corrected chi connectivity index (χ2v) is 8.72. The van der Waals surface area contributed by atoms with Crippen LogP contribution >= 0.6 is 0 Å². The third kappa shape index (κ3) is 5.31. The van der Waals surface area contributed by atoms with Gasteiger partial charge in [0, 0.05) is 34.3 Å². The molecule has 0 aliphatic heterocycles. The largest absolute Gasteiger partial charge is 0.755 e. The summed E-state index contributed by atoms with van der Waals surface area (Å²) < 4.78 is 81.6. The number of benzene rings is 3. The zero-order chi connectivity index (χ0) is 26.9. The summed E-state index contributed by atoms with van der Waals surface area (Å²) in [6, 6.07) is 19.9. The quantitative estimate of drug-likeness (QED) is 0.211. The number of rotatable bonds is 6. The molecule has 38 heavy (non-hydrogen) atoms. The van der Waals surface area contributed by atoms with E-state index in [1.54, 1.807) is 30.3 Å². The molecular formula is C26H16F4N5O2S-. The minimum Gasteiger partial charge on any atom is -0.755 e. The van der Waals surface area contributed by atoms with Gasteiger partial charge < -0.3 is 9.27 Å². The normalized spacial score (nSPS) is 12.3. The van der Waals surface area contributed by atoms with Gasteiger partial charge in [-0.3, -0.25) is 8.78 Å². The molecule has 5 aromatic rings. The minimum atomic E-state index is -4.90. The van der Waals surface area contributed by atoms with Crippen molar-refractivity contribution in [2.45, 2.75) is 6.18 Å². The van der Waals surface area contributed by atoms with Crippen LogP contribution in [0, 0.1) is 5.82 Å². The van der Waals surface area contributed by atoms with Gasteiger partial charge in [0.1, 0.15) is 12.1 Å².